The van der Waals surface area contributed by atoms with Gasteiger partial charge in [0.25, 0.3) is 0 Å². The maximum Gasteiger partial charge on any atom is 0.160 e. The van der Waals surface area contributed by atoms with Gasteiger partial charge < -0.3 is 0 Å². The van der Waals surface area contributed by atoms with Crippen LogP contribution in [-0.4, -0.2) is 13.9 Å². The molecule has 0 saturated heterocycles. The minimum atomic E-state index is -1.07. The predicted molar refractivity (Wildman–Crippen MR) is 125 cm³/mol. The Kier molecular flexibility index (Phi) is 12.8. The molecule has 0 aromatic rings. The third kappa shape index (κ3) is 9.71. The molecule has 0 amide bonds. The molecule has 0 aromatic heterocycles. The van der Waals surface area contributed by atoms with Crippen LogP contribution in [0.2, 0.25) is 0 Å². The maximum atomic E-state index is 12.6. The van der Waals surface area contributed by atoms with Crippen molar-refractivity contribution in [3.8, 4) is 0 Å². The Morgan fingerprint density at radius 2 is 0.840 bits per heavy atom. The van der Waals surface area contributed by atoms with E-state index in [1.807, 2.05) is 0 Å². The molecule has 1 saturated carbocycles. The average molecular weight is 423 g/mol. The van der Waals surface area contributed by atoms with Gasteiger partial charge in [-0.15, -0.1) is 0 Å². The first-order chi connectivity index (χ1) is 11.9. The monoisotopic (exact) mass is 422 g/mol. The Hall–Kier alpha value is 1.07. The number of carbonyl (C=O) groups excluding carboxylic acids is 1. The Morgan fingerprint density at radius 1 is 0.520 bits per heavy atom. The molecule has 0 bridgehead atoms. The molecule has 0 atom stereocenters. The zero-order chi connectivity index (χ0) is 18.6. The van der Waals surface area contributed by atoms with Crippen LogP contribution in [0.5, 0.6) is 0 Å². The van der Waals surface area contributed by atoms with Crippen molar-refractivity contribution in [1.82, 2.24) is 0 Å². The highest BCUT2D eigenvalue weighted by Crippen LogP contribution is 2.46. The molecular weight excluding hydrogens is 384 g/mol. The average Bonchev–Trinajstić information content (AvgIpc) is 2.56. The van der Waals surface area contributed by atoms with Crippen LogP contribution in [0.15, 0.2) is 0 Å². The van der Waals surface area contributed by atoms with E-state index in [0.29, 0.717) is 6.42 Å². The van der Waals surface area contributed by atoms with Gasteiger partial charge >= 0.3 is 0 Å². The predicted octanol–water partition coefficient (Wildman–Crippen LogP) is 7.31. The van der Waals surface area contributed by atoms with Crippen LogP contribution in [0, 0.1) is 0 Å². The summed E-state index contributed by atoms with van der Waals surface area (Å²) in [7, 11) is 0. The molecule has 1 nitrogen and oxygen atoms in total. The summed E-state index contributed by atoms with van der Waals surface area (Å²) in [5, 5.41) is 0. The van der Waals surface area contributed by atoms with Crippen LogP contribution < -0.4 is 0 Å². The summed E-state index contributed by atoms with van der Waals surface area (Å²) in [6.07, 6.45) is 20.3. The van der Waals surface area contributed by atoms with Gasteiger partial charge in [-0.2, -0.15) is 50.5 Å². The fraction of sp³-hybridized carbons (Fsp3) is 0.950. The molecule has 1 aliphatic carbocycles. The summed E-state index contributed by atoms with van der Waals surface area (Å²) in [4.78, 5) is 12.6. The van der Waals surface area contributed by atoms with Crippen molar-refractivity contribution < 1.29 is 4.79 Å². The lowest BCUT2D eigenvalue weighted by Gasteiger charge is -2.36. The molecule has 0 N–H and O–H groups in total. The van der Waals surface area contributed by atoms with E-state index >= 15 is 0 Å². The van der Waals surface area contributed by atoms with Gasteiger partial charge in [-0.3, -0.25) is 4.79 Å². The normalized spacial score (nSPS) is 26.0. The fourth-order valence-corrected chi connectivity index (χ4v) is 4.54. The number of rotatable bonds is 0. The van der Waals surface area contributed by atoms with E-state index in [2.05, 4.69) is 50.5 Å². The van der Waals surface area contributed by atoms with Gasteiger partial charge in [0.1, 0.15) is 4.08 Å². The summed E-state index contributed by atoms with van der Waals surface area (Å²) in [5.74, 6) is 0.0681. The third-order valence-electron chi connectivity index (χ3n) is 5.38. The van der Waals surface area contributed by atoms with E-state index < -0.39 is 8.16 Å². The van der Waals surface area contributed by atoms with Crippen molar-refractivity contribution in [2.75, 3.05) is 0 Å². The summed E-state index contributed by atoms with van der Waals surface area (Å²) >= 11 is 18.4. The zero-order valence-corrected chi connectivity index (χ0v) is 19.3. The first kappa shape index (κ1) is 24.1. The summed E-state index contributed by atoms with van der Waals surface area (Å²) in [5.41, 5.74) is 0. The number of Topliss-reactive ketones (excluding diaryl/α,β-unsaturated/α-hetero) is 1. The van der Waals surface area contributed by atoms with E-state index in [4.69, 9.17) is 0 Å². The van der Waals surface area contributed by atoms with E-state index in [-0.39, 0.29) is 5.78 Å². The van der Waals surface area contributed by atoms with E-state index in [1.54, 1.807) is 0 Å². The van der Waals surface area contributed by atoms with Gasteiger partial charge in [-0.1, -0.05) is 89.9 Å². The highest BCUT2D eigenvalue weighted by atomic mass is 32.2. The first-order valence-corrected chi connectivity index (χ1v) is 12.1. The minimum Gasteiger partial charge on any atom is -0.297 e. The maximum absolute atomic E-state index is 12.6. The van der Waals surface area contributed by atoms with Crippen molar-refractivity contribution in [1.29, 1.82) is 0 Å². The Balaban J connectivity index is 2.48. The van der Waals surface area contributed by atoms with Gasteiger partial charge in [0.05, 0.1) is 4.08 Å². The molecule has 25 heavy (non-hydrogen) atoms. The molecular formula is C20H38OS4. The molecule has 1 fully saturated rings. The van der Waals surface area contributed by atoms with Crippen molar-refractivity contribution in [3.05, 3.63) is 0 Å². The van der Waals surface area contributed by atoms with Gasteiger partial charge in [0, 0.05) is 6.42 Å². The van der Waals surface area contributed by atoms with Crippen LogP contribution in [0.3, 0.4) is 0 Å². The van der Waals surface area contributed by atoms with Gasteiger partial charge in [0.2, 0.25) is 0 Å². The first-order valence-electron chi connectivity index (χ1n) is 10.3. The molecule has 5 heteroatoms. The van der Waals surface area contributed by atoms with Crippen molar-refractivity contribution >= 4 is 56.3 Å². The number of hydrogen-bond acceptors (Lipinski definition) is 5. The SMILES string of the molecule is O=C1CCCCCCCCCCCCCCCCCC(S)(S)C1(S)S. The smallest absolute Gasteiger partial charge is 0.160 e. The molecule has 0 radical (unpaired) electrons. The van der Waals surface area contributed by atoms with Crippen molar-refractivity contribution in [3.63, 3.8) is 0 Å². The molecule has 1 aliphatic rings. The lowest BCUT2D eigenvalue weighted by atomic mass is 9.99. The Labute approximate surface area is 177 Å². The second-order valence-electron chi connectivity index (χ2n) is 7.72. The van der Waals surface area contributed by atoms with Gasteiger partial charge in [-0.05, 0) is 12.8 Å². The highest BCUT2D eigenvalue weighted by molar-refractivity contribution is 8.09. The van der Waals surface area contributed by atoms with Crippen LogP contribution in [0.1, 0.15) is 109 Å². The topological polar surface area (TPSA) is 17.1 Å². The lowest BCUT2D eigenvalue weighted by Crippen LogP contribution is -2.44. The molecule has 148 valence electrons. The second kappa shape index (κ2) is 13.3. The standard InChI is InChI=1S/C20H38OS4/c21-18-16-14-12-10-8-6-4-2-1-3-5-7-9-11-13-15-17-19(22,23)20(18,24)25/h22-25H,1-17H2. The molecule has 0 aromatic carbocycles. The van der Waals surface area contributed by atoms with Crippen LogP contribution in [-0.2, 0) is 4.79 Å². The second-order valence-corrected chi connectivity index (χ2v) is 11.3. The molecule has 0 heterocycles. The zero-order valence-electron chi connectivity index (χ0n) is 15.7. The summed E-state index contributed by atoms with van der Waals surface area (Å²) in [6.45, 7) is 0. The quantitative estimate of drug-likeness (QED) is 0.238. The number of ketones is 1. The summed E-state index contributed by atoms with van der Waals surface area (Å²) in [6, 6.07) is 0. The third-order valence-corrected chi connectivity index (χ3v) is 8.46. The van der Waals surface area contributed by atoms with Crippen LogP contribution >= 0.6 is 50.5 Å². The fourth-order valence-electron chi connectivity index (χ4n) is 3.53. The Bertz CT molecular complexity index is 369. The van der Waals surface area contributed by atoms with E-state index in [9.17, 15) is 4.79 Å². The summed E-state index contributed by atoms with van der Waals surface area (Å²) < 4.78 is -1.84. The number of carbonyl (C=O) groups is 1. The van der Waals surface area contributed by atoms with Crippen molar-refractivity contribution in [2.24, 2.45) is 0 Å². The van der Waals surface area contributed by atoms with Crippen molar-refractivity contribution in [2.45, 2.75) is 117 Å². The molecule has 0 unspecified atom stereocenters. The van der Waals surface area contributed by atoms with E-state index in [0.717, 1.165) is 25.7 Å². The lowest BCUT2D eigenvalue weighted by molar-refractivity contribution is -0.119. The van der Waals surface area contributed by atoms with Gasteiger partial charge in [0.15, 0.2) is 5.78 Å². The Morgan fingerprint density at radius 3 is 1.24 bits per heavy atom. The van der Waals surface area contributed by atoms with E-state index in [1.165, 1.54) is 77.0 Å². The molecule has 0 aliphatic heterocycles. The van der Waals surface area contributed by atoms with Crippen LogP contribution in [0.25, 0.3) is 0 Å². The number of thiol groups is 4. The molecule has 0 spiro atoms. The molecule has 1 rings (SSSR count). The number of hydrogen-bond donors (Lipinski definition) is 4. The van der Waals surface area contributed by atoms with Crippen LogP contribution in [0.4, 0.5) is 0 Å². The van der Waals surface area contributed by atoms with Gasteiger partial charge in [-0.25, -0.2) is 0 Å². The minimum absolute atomic E-state index is 0.0681. The highest BCUT2D eigenvalue weighted by Gasteiger charge is 2.46. The largest absolute Gasteiger partial charge is 0.297 e.